The van der Waals surface area contributed by atoms with Crippen LogP contribution in [0.1, 0.15) is 13.8 Å². The van der Waals surface area contributed by atoms with E-state index in [-0.39, 0.29) is 11.6 Å². The summed E-state index contributed by atoms with van der Waals surface area (Å²) >= 11 is 3.18. The van der Waals surface area contributed by atoms with Gasteiger partial charge in [-0.25, -0.2) is 4.85 Å². The van der Waals surface area contributed by atoms with E-state index in [4.69, 9.17) is 6.57 Å². The number of ether oxygens (including phenoxy) is 1. The summed E-state index contributed by atoms with van der Waals surface area (Å²) in [5.41, 5.74) is 0.0208. The first-order chi connectivity index (χ1) is 5.54. The van der Waals surface area contributed by atoms with Crippen LogP contribution < -0.4 is 0 Å². The van der Waals surface area contributed by atoms with Crippen LogP contribution in [0.4, 0.5) is 0 Å². The molecule has 0 aliphatic rings. The van der Waals surface area contributed by atoms with E-state index in [9.17, 15) is 4.79 Å². The summed E-state index contributed by atoms with van der Waals surface area (Å²) in [6, 6.07) is 0. The molecule has 0 fully saturated rings. The number of allylic oxidation sites excluding steroid dienone is 1. The van der Waals surface area contributed by atoms with Gasteiger partial charge in [-0.3, -0.25) is 4.79 Å². The molecule has 0 spiro atoms. The predicted molar refractivity (Wildman–Crippen MR) is 49.4 cm³/mol. The van der Waals surface area contributed by atoms with Crippen LogP contribution in [0.2, 0.25) is 0 Å². The highest BCUT2D eigenvalue weighted by molar-refractivity contribution is 9.11. The number of rotatable bonds is 2. The summed E-state index contributed by atoms with van der Waals surface area (Å²) < 4.78 is 5.02. The molecular weight excluding hydrogens is 222 g/mol. The van der Waals surface area contributed by atoms with Gasteiger partial charge in [0.25, 0.3) is 5.70 Å². The smallest absolute Gasteiger partial charge is 0.336 e. The molecule has 0 aromatic carbocycles. The van der Waals surface area contributed by atoms with Gasteiger partial charge in [0.2, 0.25) is 0 Å². The third-order valence-corrected chi connectivity index (χ3v) is 2.51. The molecule has 0 N–H and O–H groups in total. The quantitative estimate of drug-likeness (QED) is 0.415. The van der Waals surface area contributed by atoms with E-state index >= 15 is 0 Å². The first-order valence-electron chi connectivity index (χ1n) is 3.40. The van der Waals surface area contributed by atoms with Gasteiger partial charge in [-0.15, -0.1) is 0 Å². The first kappa shape index (κ1) is 11.2. The minimum absolute atomic E-state index is 0.0208. The van der Waals surface area contributed by atoms with Crippen molar-refractivity contribution < 1.29 is 9.53 Å². The van der Waals surface area contributed by atoms with E-state index in [0.717, 1.165) is 0 Å². The van der Waals surface area contributed by atoms with Crippen LogP contribution in [0.15, 0.2) is 10.2 Å². The number of hydrogen-bond acceptors (Lipinski definition) is 2. The Bertz CT molecular complexity index is 250. The van der Waals surface area contributed by atoms with Gasteiger partial charge in [0, 0.05) is 4.48 Å². The minimum atomic E-state index is -0.592. The zero-order valence-electron chi connectivity index (χ0n) is 7.22. The molecule has 0 atom stereocenters. The molecule has 0 aliphatic carbocycles. The SMILES string of the molecule is [C-]#[N+]/C(C(=O)OC)=C(\Br)C(C)C. The van der Waals surface area contributed by atoms with Gasteiger partial charge < -0.3 is 4.74 Å². The molecule has 12 heavy (non-hydrogen) atoms. The number of carbonyl (C=O) groups excluding carboxylic acids is 1. The molecule has 0 saturated heterocycles. The van der Waals surface area contributed by atoms with Crippen molar-refractivity contribution in [1.29, 1.82) is 0 Å². The van der Waals surface area contributed by atoms with Crippen LogP contribution in [-0.4, -0.2) is 13.1 Å². The highest BCUT2D eigenvalue weighted by atomic mass is 79.9. The van der Waals surface area contributed by atoms with E-state index in [0.29, 0.717) is 4.48 Å². The maximum Gasteiger partial charge on any atom is 0.336 e. The van der Waals surface area contributed by atoms with Crippen molar-refractivity contribution in [2.45, 2.75) is 13.8 Å². The van der Waals surface area contributed by atoms with Gasteiger partial charge in [-0.2, -0.15) is 0 Å². The first-order valence-corrected chi connectivity index (χ1v) is 4.19. The Hall–Kier alpha value is -0.820. The Morgan fingerprint density at radius 2 is 2.08 bits per heavy atom. The average Bonchev–Trinajstić information content (AvgIpc) is 2.05. The summed E-state index contributed by atoms with van der Waals surface area (Å²) in [6.07, 6.45) is 0. The molecule has 0 rings (SSSR count). The van der Waals surface area contributed by atoms with Crippen molar-refractivity contribution in [2.75, 3.05) is 7.11 Å². The Kier molecular flexibility index (Phi) is 4.60. The summed E-state index contributed by atoms with van der Waals surface area (Å²) in [4.78, 5) is 14.1. The van der Waals surface area contributed by atoms with E-state index in [1.807, 2.05) is 13.8 Å². The second kappa shape index (κ2) is 4.94. The normalized spacial score (nSPS) is 12.0. The molecule has 0 bridgehead atoms. The number of methoxy groups -OCH3 is 1. The summed E-state index contributed by atoms with van der Waals surface area (Å²) in [6.45, 7) is 10.5. The van der Waals surface area contributed by atoms with Crippen molar-refractivity contribution in [1.82, 2.24) is 0 Å². The standard InChI is InChI=1S/C8H10BrNO2/c1-5(2)6(9)7(10-3)8(11)12-4/h5H,1-2,4H3/b7-6-. The second-order valence-electron chi connectivity index (χ2n) is 2.45. The molecule has 0 heterocycles. The molecule has 0 aliphatic heterocycles. The summed E-state index contributed by atoms with van der Waals surface area (Å²) in [5.74, 6) is -0.473. The van der Waals surface area contributed by atoms with Crippen molar-refractivity contribution in [3.05, 3.63) is 21.6 Å². The third-order valence-electron chi connectivity index (χ3n) is 1.22. The van der Waals surface area contributed by atoms with Gasteiger partial charge in [-0.05, 0) is 5.92 Å². The number of halogens is 1. The zero-order chi connectivity index (χ0) is 9.72. The van der Waals surface area contributed by atoms with Crippen LogP contribution in [-0.2, 0) is 9.53 Å². The molecule has 66 valence electrons. The van der Waals surface area contributed by atoms with Crippen molar-refractivity contribution in [3.63, 3.8) is 0 Å². The van der Waals surface area contributed by atoms with Gasteiger partial charge in [0.15, 0.2) is 0 Å². The van der Waals surface area contributed by atoms with Gasteiger partial charge >= 0.3 is 5.97 Å². The fourth-order valence-electron chi connectivity index (χ4n) is 0.567. The number of nitrogens with zero attached hydrogens (tertiary/aromatic N) is 1. The van der Waals surface area contributed by atoms with E-state index in [2.05, 4.69) is 25.5 Å². The number of carbonyl (C=O) groups is 1. The summed E-state index contributed by atoms with van der Waals surface area (Å²) in [7, 11) is 1.26. The number of esters is 1. The van der Waals surface area contributed by atoms with Crippen molar-refractivity contribution >= 4 is 21.9 Å². The van der Waals surface area contributed by atoms with Crippen LogP contribution in [0.5, 0.6) is 0 Å². The van der Waals surface area contributed by atoms with Crippen LogP contribution in [0.3, 0.4) is 0 Å². The highest BCUT2D eigenvalue weighted by Gasteiger charge is 2.16. The van der Waals surface area contributed by atoms with Gasteiger partial charge in [0.1, 0.15) is 0 Å². The molecule has 0 amide bonds. The molecule has 0 saturated carbocycles. The van der Waals surface area contributed by atoms with Crippen LogP contribution >= 0.6 is 15.9 Å². The fraction of sp³-hybridized carbons (Fsp3) is 0.500. The molecule has 0 aromatic rings. The van der Waals surface area contributed by atoms with E-state index in [1.165, 1.54) is 7.11 Å². The summed E-state index contributed by atoms with van der Waals surface area (Å²) in [5, 5.41) is 0. The molecule has 4 heteroatoms. The van der Waals surface area contributed by atoms with E-state index in [1.54, 1.807) is 0 Å². The maximum atomic E-state index is 11.0. The molecular formula is C8H10BrNO2. The van der Waals surface area contributed by atoms with Crippen molar-refractivity contribution in [3.8, 4) is 0 Å². The average molecular weight is 232 g/mol. The molecule has 0 unspecified atom stereocenters. The maximum absolute atomic E-state index is 11.0. The predicted octanol–water partition coefficient (Wildman–Crippen LogP) is 2.34. The van der Waals surface area contributed by atoms with Crippen LogP contribution in [0, 0.1) is 12.5 Å². The lowest BCUT2D eigenvalue weighted by Gasteiger charge is -2.04. The van der Waals surface area contributed by atoms with E-state index < -0.39 is 5.97 Å². The van der Waals surface area contributed by atoms with Crippen molar-refractivity contribution in [2.24, 2.45) is 5.92 Å². The van der Waals surface area contributed by atoms with Crippen LogP contribution in [0.25, 0.3) is 4.85 Å². The monoisotopic (exact) mass is 231 g/mol. The fourth-order valence-corrected chi connectivity index (χ4v) is 0.817. The Morgan fingerprint density at radius 1 is 1.58 bits per heavy atom. The largest absolute Gasteiger partial charge is 0.474 e. The lowest BCUT2D eigenvalue weighted by molar-refractivity contribution is -0.135. The molecule has 3 nitrogen and oxygen atoms in total. The molecule has 0 aromatic heterocycles. The van der Waals surface area contributed by atoms with Gasteiger partial charge in [-0.1, -0.05) is 29.8 Å². The minimum Gasteiger partial charge on any atom is -0.474 e. The number of hydrogen-bond donors (Lipinski definition) is 0. The lowest BCUT2D eigenvalue weighted by atomic mass is 10.2. The Labute approximate surface area is 80.3 Å². The third kappa shape index (κ3) is 2.67. The Morgan fingerprint density at radius 3 is 2.33 bits per heavy atom. The Balaban J connectivity index is 4.90. The molecule has 0 radical (unpaired) electrons. The zero-order valence-corrected chi connectivity index (χ0v) is 8.81. The highest BCUT2D eigenvalue weighted by Crippen LogP contribution is 2.22. The lowest BCUT2D eigenvalue weighted by Crippen LogP contribution is -2.05. The topological polar surface area (TPSA) is 30.7 Å². The van der Waals surface area contributed by atoms with Gasteiger partial charge in [0.05, 0.1) is 13.7 Å². The second-order valence-corrected chi connectivity index (χ2v) is 3.31.